The lowest BCUT2D eigenvalue weighted by Crippen LogP contribution is -2.56. The zero-order valence-electron chi connectivity index (χ0n) is 16.2. The van der Waals surface area contributed by atoms with E-state index in [1.807, 2.05) is 46.8 Å². The van der Waals surface area contributed by atoms with Gasteiger partial charge in [0.2, 0.25) is 0 Å². The minimum absolute atomic E-state index is 0.282. The van der Waals surface area contributed by atoms with Crippen molar-refractivity contribution in [2.75, 3.05) is 7.11 Å². The topological polar surface area (TPSA) is 58.6 Å². The summed E-state index contributed by atoms with van der Waals surface area (Å²) in [6.45, 7) is 9.36. The molecule has 1 N–H and O–H groups in total. The Morgan fingerprint density at radius 3 is 2.27 bits per heavy atom. The molecule has 0 atom stereocenters. The first kappa shape index (κ1) is 19.5. The number of amides is 2. The van der Waals surface area contributed by atoms with Gasteiger partial charge in [0.15, 0.2) is 0 Å². The molecule has 0 saturated heterocycles. The third kappa shape index (κ3) is 4.23. The Balaban J connectivity index is 2.36. The normalized spacial score (nSPS) is 11.0. The molecule has 2 amide bonds. The fraction of sp³-hybridized carbons (Fsp3) is 0.333. The van der Waals surface area contributed by atoms with Gasteiger partial charge in [0.05, 0.1) is 12.6 Å². The van der Waals surface area contributed by atoms with E-state index >= 15 is 0 Å². The van der Waals surface area contributed by atoms with Gasteiger partial charge in [-0.1, -0.05) is 23.8 Å². The molecule has 0 heterocycles. The van der Waals surface area contributed by atoms with Gasteiger partial charge in [-0.3, -0.25) is 15.0 Å². The van der Waals surface area contributed by atoms with Crippen LogP contribution < -0.4 is 10.2 Å². The number of methoxy groups -OCH3 is 1. The van der Waals surface area contributed by atoms with Crippen molar-refractivity contribution in [1.82, 2.24) is 10.4 Å². The summed E-state index contributed by atoms with van der Waals surface area (Å²) in [6, 6.07) is 12.6. The number of benzene rings is 2. The highest BCUT2D eigenvalue weighted by Gasteiger charge is 2.30. The molecule has 0 aliphatic heterocycles. The maximum Gasteiger partial charge on any atom is 0.273 e. The first-order valence-electron chi connectivity index (χ1n) is 8.51. The van der Waals surface area contributed by atoms with Gasteiger partial charge >= 0.3 is 0 Å². The fourth-order valence-electron chi connectivity index (χ4n) is 2.66. The Morgan fingerprint density at radius 1 is 1.04 bits per heavy atom. The highest BCUT2D eigenvalue weighted by atomic mass is 16.5. The Kier molecular flexibility index (Phi) is 5.70. The van der Waals surface area contributed by atoms with E-state index in [2.05, 4.69) is 5.43 Å². The Bertz CT molecular complexity index is 822. The zero-order chi connectivity index (χ0) is 19.5. The predicted octanol–water partition coefficient (Wildman–Crippen LogP) is 3.90. The molecule has 0 aromatic heterocycles. The molecule has 5 heteroatoms. The van der Waals surface area contributed by atoms with Gasteiger partial charge in [0.25, 0.3) is 11.8 Å². The lowest BCUT2D eigenvalue weighted by Gasteiger charge is -2.36. The zero-order valence-corrected chi connectivity index (χ0v) is 16.2. The Morgan fingerprint density at radius 2 is 1.69 bits per heavy atom. The molecule has 2 aromatic carbocycles. The summed E-state index contributed by atoms with van der Waals surface area (Å²) in [5, 5.41) is 1.37. The van der Waals surface area contributed by atoms with E-state index in [-0.39, 0.29) is 11.8 Å². The molecule has 0 fully saturated rings. The minimum Gasteiger partial charge on any atom is -0.496 e. The summed E-state index contributed by atoms with van der Waals surface area (Å²) in [5.74, 6) is 0.0298. The van der Waals surface area contributed by atoms with Crippen LogP contribution in [0.3, 0.4) is 0 Å². The van der Waals surface area contributed by atoms with E-state index in [1.165, 1.54) is 5.01 Å². The van der Waals surface area contributed by atoms with Crippen molar-refractivity contribution in [2.45, 2.75) is 40.2 Å². The fourth-order valence-corrected chi connectivity index (χ4v) is 2.66. The molecule has 0 radical (unpaired) electrons. The van der Waals surface area contributed by atoms with E-state index in [4.69, 9.17) is 4.74 Å². The van der Waals surface area contributed by atoms with Crippen LogP contribution in [0.25, 0.3) is 0 Å². The van der Waals surface area contributed by atoms with Gasteiger partial charge in [-0.15, -0.1) is 0 Å². The lowest BCUT2D eigenvalue weighted by molar-refractivity contribution is 0.0357. The molecule has 2 aromatic rings. The molecule has 0 spiro atoms. The maximum atomic E-state index is 13.2. The van der Waals surface area contributed by atoms with Crippen LogP contribution in [0, 0.1) is 13.8 Å². The van der Waals surface area contributed by atoms with Crippen molar-refractivity contribution in [3.8, 4) is 5.75 Å². The number of nitrogens with zero attached hydrogens (tertiary/aromatic N) is 1. The number of hydrazine groups is 1. The maximum absolute atomic E-state index is 13.2. The molecule has 2 rings (SSSR count). The van der Waals surface area contributed by atoms with E-state index in [1.54, 1.807) is 37.4 Å². The molecule has 138 valence electrons. The van der Waals surface area contributed by atoms with Gasteiger partial charge in [-0.25, -0.2) is 5.01 Å². The van der Waals surface area contributed by atoms with Gasteiger partial charge in [-0.05, 0) is 58.9 Å². The van der Waals surface area contributed by atoms with Gasteiger partial charge in [0.1, 0.15) is 5.75 Å². The minimum atomic E-state index is -0.605. The number of hydrogen-bond acceptors (Lipinski definition) is 3. The first-order chi connectivity index (χ1) is 12.1. The first-order valence-corrected chi connectivity index (χ1v) is 8.51. The van der Waals surface area contributed by atoms with Gasteiger partial charge < -0.3 is 4.74 Å². The summed E-state index contributed by atoms with van der Waals surface area (Å²) in [7, 11) is 1.57. The SMILES string of the molecule is COc1cccc(C(=O)N(NC(=O)c2cccc(C)c2)C(C)(C)C)c1C. The summed E-state index contributed by atoms with van der Waals surface area (Å²) < 4.78 is 5.31. The number of ether oxygens (including phenoxy) is 1. The molecule has 0 saturated carbocycles. The average molecular weight is 354 g/mol. The summed E-state index contributed by atoms with van der Waals surface area (Å²) >= 11 is 0. The average Bonchev–Trinajstić information content (AvgIpc) is 2.58. The Labute approximate surface area is 154 Å². The van der Waals surface area contributed by atoms with Crippen molar-refractivity contribution in [1.29, 1.82) is 0 Å². The highest BCUT2D eigenvalue weighted by Crippen LogP contribution is 2.24. The number of carbonyl (C=O) groups is 2. The van der Waals surface area contributed by atoms with E-state index in [0.717, 1.165) is 11.1 Å². The summed E-state index contributed by atoms with van der Waals surface area (Å²) in [5.41, 5.74) is 4.88. The predicted molar refractivity (Wildman–Crippen MR) is 102 cm³/mol. The summed E-state index contributed by atoms with van der Waals surface area (Å²) in [6.07, 6.45) is 0. The van der Waals surface area contributed by atoms with Gasteiger partial charge in [0, 0.05) is 16.7 Å². The van der Waals surface area contributed by atoms with Crippen molar-refractivity contribution >= 4 is 11.8 Å². The van der Waals surface area contributed by atoms with Crippen molar-refractivity contribution < 1.29 is 14.3 Å². The lowest BCUT2D eigenvalue weighted by atomic mass is 10.0. The second-order valence-corrected chi connectivity index (χ2v) is 7.25. The largest absolute Gasteiger partial charge is 0.496 e. The van der Waals surface area contributed by atoms with Crippen LogP contribution in [0.4, 0.5) is 0 Å². The van der Waals surface area contributed by atoms with E-state index < -0.39 is 5.54 Å². The standard InChI is InChI=1S/C21H26N2O3/c1-14-9-7-10-16(13-14)19(24)22-23(21(3,4)5)20(25)17-11-8-12-18(26-6)15(17)2/h7-13H,1-6H3,(H,22,24). The smallest absolute Gasteiger partial charge is 0.273 e. The second-order valence-electron chi connectivity index (χ2n) is 7.25. The summed E-state index contributed by atoms with van der Waals surface area (Å²) in [4.78, 5) is 25.8. The molecule has 26 heavy (non-hydrogen) atoms. The van der Waals surface area contributed by atoms with Crippen LogP contribution in [0.1, 0.15) is 52.6 Å². The van der Waals surface area contributed by atoms with Crippen LogP contribution in [0.15, 0.2) is 42.5 Å². The molecule has 5 nitrogen and oxygen atoms in total. The number of nitrogens with one attached hydrogen (secondary N) is 1. The Hall–Kier alpha value is -2.82. The number of hydrogen-bond donors (Lipinski definition) is 1. The van der Waals surface area contributed by atoms with Crippen molar-refractivity contribution in [2.24, 2.45) is 0 Å². The monoisotopic (exact) mass is 354 g/mol. The third-order valence-corrected chi connectivity index (χ3v) is 4.10. The van der Waals surface area contributed by atoms with Gasteiger partial charge in [-0.2, -0.15) is 0 Å². The van der Waals surface area contributed by atoms with Crippen molar-refractivity contribution in [3.05, 3.63) is 64.7 Å². The quantitative estimate of drug-likeness (QED) is 0.851. The molecule has 0 bridgehead atoms. The van der Waals surface area contributed by atoms with E-state index in [9.17, 15) is 9.59 Å². The van der Waals surface area contributed by atoms with Crippen LogP contribution in [0.2, 0.25) is 0 Å². The molecule has 0 aliphatic carbocycles. The third-order valence-electron chi connectivity index (χ3n) is 4.10. The molecule has 0 unspecified atom stereocenters. The van der Waals surface area contributed by atoms with Crippen LogP contribution >= 0.6 is 0 Å². The number of aryl methyl sites for hydroxylation is 1. The second kappa shape index (κ2) is 7.60. The van der Waals surface area contributed by atoms with Crippen molar-refractivity contribution in [3.63, 3.8) is 0 Å². The molecular weight excluding hydrogens is 328 g/mol. The van der Waals surface area contributed by atoms with Crippen LogP contribution in [0.5, 0.6) is 5.75 Å². The van der Waals surface area contributed by atoms with E-state index in [0.29, 0.717) is 16.9 Å². The number of carbonyl (C=O) groups excluding carboxylic acids is 2. The van der Waals surface area contributed by atoms with Crippen LogP contribution in [-0.4, -0.2) is 29.5 Å². The number of rotatable bonds is 3. The highest BCUT2D eigenvalue weighted by molar-refractivity contribution is 6.00. The molecular formula is C21H26N2O3. The van der Waals surface area contributed by atoms with Crippen LogP contribution in [-0.2, 0) is 0 Å². The molecule has 0 aliphatic rings.